The van der Waals surface area contributed by atoms with Gasteiger partial charge in [0, 0.05) is 17.7 Å². The summed E-state index contributed by atoms with van der Waals surface area (Å²) in [6, 6.07) is 8.74. The van der Waals surface area contributed by atoms with Gasteiger partial charge in [0.1, 0.15) is 11.5 Å². The molecule has 7 nitrogen and oxygen atoms in total. The number of carbonyl (C=O) groups is 1. The van der Waals surface area contributed by atoms with E-state index in [0.29, 0.717) is 5.76 Å². The molecule has 0 bridgehead atoms. The second kappa shape index (κ2) is 5.79. The second-order valence-corrected chi connectivity index (χ2v) is 3.95. The van der Waals surface area contributed by atoms with Gasteiger partial charge in [-0.3, -0.25) is 14.9 Å². The molecule has 2 rings (SSSR count). The highest BCUT2D eigenvalue weighted by molar-refractivity contribution is 5.94. The van der Waals surface area contributed by atoms with Crippen molar-refractivity contribution in [3.05, 3.63) is 63.6 Å². The Morgan fingerprint density at radius 3 is 2.55 bits per heavy atom. The SMILES string of the molecule is Cc1ccc(C=NNC(=O)c2ccc([N+](=O)[O-])cc2)o1. The van der Waals surface area contributed by atoms with Crippen LogP contribution in [-0.2, 0) is 0 Å². The number of amides is 1. The number of rotatable bonds is 4. The predicted octanol–water partition coefficient (Wildman–Crippen LogP) is 2.26. The van der Waals surface area contributed by atoms with E-state index in [0.717, 1.165) is 5.76 Å². The van der Waals surface area contributed by atoms with Gasteiger partial charge in [0.05, 0.1) is 11.1 Å². The zero-order chi connectivity index (χ0) is 14.5. The topological polar surface area (TPSA) is 97.7 Å². The number of carbonyl (C=O) groups excluding carboxylic acids is 1. The van der Waals surface area contributed by atoms with Gasteiger partial charge in [-0.15, -0.1) is 0 Å². The summed E-state index contributed by atoms with van der Waals surface area (Å²) in [5.41, 5.74) is 2.51. The van der Waals surface area contributed by atoms with Crippen molar-refractivity contribution in [1.29, 1.82) is 0 Å². The molecule has 0 atom stereocenters. The van der Waals surface area contributed by atoms with Crippen molar-refractivity contribution in [2.24, 2.45) is 5.10 Å². The van der Waals surface area contributed by atoms with E-state index in [-0.39, 0.29) is 11.3 Å². The minimum Gasteiger partial charge on any atom is -0.460 e. The highest BCUT2D eigenvalue weighted by Crippen LogP contribution is 2.11. The fourth-order valence-corrected chi connectivity index (χ4v) is 1.48. The van der Waals surface area contributed by atoms with Crippen LogP contribution < -0.4 is 5.43 Å². The summed E-state index contributed by atoms with van der Waals surface area (Å²) in [7, 11) is 0. The second-order valence-electron chi connectivity index (χ2n) is 3.95. The summed E-state index contributed by atoms with van der Waals surface area (Å²) in [4.78, 5) is 21.7. The number of hydrogen-bond donors (Lipinski definition) is 1. The van der Waals surface area contributed by atoms with Gasteiger partial charge in [-0.1, -0.05) is 0 Å². The average molecular weight is 273 g/mol. The van der Waals surface area contributed by atoms with Crippen molar-refractivity contribution in [3.8, 4) is 0 Å². The number of nitro groups is 1. The van der Waals surface area contributed by atoms with E-state index >= 15 is 0 Å². The number of nitro benzene ring substituents is 1. The molecule has 1 aromatic carbocycles. The molecule has 0 spiro atoms. The zero-order valence-corrected chi connectivity index (χ0v) is 10.6. The summed E-state index contributed by atoms with van der Waals surface area (Å²) in [5, 5.41) is 14.2. The summed E-state index contributed by atoms with van der Waals surface area (Å²) in [6.45, 7) is 1.80. The van der Waals surface area contributed by atoms with Gasteiger partial charge in [0.25, 0.3) is 11.6 Å². The molecule has 0 aliphatic carbocycles. The van der Waals surface area contributed by atoms with Gasteiger partial charge in [-0.2, -0.15) is 5.10 Å². The normalized spacial score (nSPS) is 10.7. The zero-order valence-electron chi connectivity index (χ0n) is 10.6. The molecule has 0 radical (unpaired) electrons. The van der Waals surface area contributed by atoms with Crippen molar-refractivity contribution in [2.75, 3.05) is 0 Å². The van der Waals surface area contributed by atoms with E-state index in [4.69, 9.17) is 4.42 Å². The lowest BCUT2D eigenvalue weighted by molar-refractivity contribution is -0.384. The molecule has 1 heterocycles. The number of aryl methyl sites for hydroxylation is 1. The van der Waals surface area contributed by atoms with Gasteiger partial charge in [-0.25, -0.2) is 5.43 Å². The molecule has 0 fully saturated rings. The van der Waals surface area contributed by atoms with Gasteiger partial charge in [0.2, 0.25) is 0 Å². The Kier molecular flexibility index (Phi) is 3.90. The number of non-ortho nitro benzene ring substituents is 1. The minimum atomic E-state index is -0.529. The highest BCUT2D eigenvalue weighted by atomic mass is 16.6. The maximum absolute atomic E-state index is 11.7. The fraction of sp³-hybridized carbons (Fsp3) is 0.0769. The number of nitrogens with zero attached hydrogens (tertiary/aromatic N) is 2. The minimum absolute atomic E-state index is 0.0730. The molecule has 1 aromatic heterocycles. The van der Waals surface area contributed by atoms with Crippen molar-refractivity contribution < 1.29 is 14.1 Å². The molecule has 0 saturated carbocycles. The standard InChI is InChI=1S/C13H11N3O4/c1-9-2-7-12(20-9)8-14-15-13(17)10-3-5-11(6-4-10)16(18)19/h2-8H,1H3,(H,15,17). The van der Waals surface area contributed by atoms with Gasteiger partial charge >= 0.3 is 0 Å². The first-order valence-electron chi connectivity index (χ1n) is 5.70. The van der Waals surface area contributed by atoms with Crippen LogP contribution in [-0.4, -0.2) is 17.0 Å². The Bertz CT molecular complexity index is 659. The van der Waals surface area contributed by atoms with E-state index in [1.807, 2.05) is 0 Å². The maximum Gasteiger partial charge on any atom is 0.271 e. The first kappa shape index (κ1) is 13.5. The van der Waals surface area contributed by atoms with Gasteiger partial charge < -0.3 is 4.42 Å². The van der Waals surface area contributed by atoms with E-state index in [2.05, 4.69) is 10.5 Å². The van der Waals surface area contributed by atoms with Crippen LogP contribution in [0.15, 0.2) is 45.9 Å². The molecule has 0 saturated heterocycles. The Labute approximate surface area is 114 Å². The van der Waals surface area contributed by atoms with E-state index < -0.39 is 10.8 Å². The van der Waals surface area contributed by atoms with Crippen LogP contribution in [0.3, 0.4) is 0 Å². The first-order valence-corrected chi connectivity index (χ1v) is 5.70. The molecule has 0 aliphatic heterocycles. The molecular formula is C13H11N3O4. The number of furan rings is 1. The largest absolute Gasteiger partial charge is 0.460 e. The summed E-state index contributed by atoms with van der Waals surface area (Å²) >= 11 is 0. The van der Waals surface area contributed by atoms with Crippen LogP contribution in [0.5, 0.6) is 0 Å². The first-order chi connectivity index (χ1) is 9.56. The summed E-state index contributed by atoms with van der Waals surface area (Å²) in [5.74, 6) is 0.805. The number of hydrazone groups is 1. The molecule has 0 aliphatic rings. The number of hydrogen-bond acceptors (Lipinski definition) is 5. The van der Waals surface area contributed by atoms with Crippen LogP contribution >= 0.6 is 0 Å². The molecule has 7 heteroatoms. The highest BCUT2D eigenvalue weighted by Gasteiger charge is 2.08. The van der Waals surface area contributed by atoms with Crippen molar-refractivity contribution in [2.45, 2.75) is 6.92 Å². The molecule has 102 valence electrons. The fourth-order valence-electron chi connectivity index (χ4n) is 1.48. The number of nitrogens with one attached hydrogen (secondary N) is 1. The van der Waals surface area contributed by atoms with E-state index in [1.54, 1.807) is 19.1 Å². The molecule has 1 amide bonds. The Balaban J connectivity index is 1.98. The summed E-state index contributed by atoms with van der Waals surface area (Å²) in [6.07, 6.45) is 1.37. The smallest absolute Gasteiger partial charge is 0.271 e. The van der Waals surface area contributed by atoms with Crippen molar-refractivity contribution >= 4 is 17.8 Å². The van der Waals surface area contributed by atoms with Crippen molar-refractivity contribution in [3.63, 3.8) is 0 Å². The third-order valence-corrected chi connectivity index (χ3v) is 2.46. The van der Waals surface area contributed by atoms with Crippen molar-refractivity contribution in [1.82, 2.24) is 5.43 Å². The maximum atomic E-state index is 11.7. The molecule has 1 N–H and O–H groups in total. The lowest BCUT2D eigenvalue weighted by Gasteiger charge is -1.98. The Hall–Kier alpha value is -2.96. The Morgan fingerprint density at radius 2 is 2.00 bits per heavy atom. The van der Waals surface area contributed by atoms with Crippen LogP contribution in [0, 0.1) is 17.0 Å². The lowest BCUT2D eigenvalue weighted by Crippen LogP contribution is -2.17. The Morgan fingerprint density at radius 1 is 1.30 bits per heavy atom. The van der Waals surface area contributed by atoms with Gasteiger partial charge in [0.15, 0.2) is 0 Å². The predicted molar refractivity (Wildman–Crippen MR) is 71.6 cm³/mol. The monoisotopic (exact) mass is 273 g/mol. The lowest BCUT2D eigenvalue weighted by atomic mass is 10.2. The third kappa shape index (κ3) is 3.29. The van der Waals surface area contributed by atoms with Crippen LogP contribution in [0.25, 0.3) is 0 Å². The van der Waals surface area contributed by atoms with E-state index in [9.17, 15) is 14.9 Å². The van der Waals surface area contributed by atoms with Gasteiger partial charge in [-0.05, 0) is 31.2 Å². The summed E-state index contributed by atoms with van der Waals surface area (Å²) < 4.78 is 5.24. The average Bonchev–Trinajstić information content (AvgIpc) is 2.84. The van der Waals surface area contributed by atoms with Crippen LogP contribution in [0.4, 0.5) is 5.69 Å². The molecular weight excluding hydrogens is 262 g/mol. The molecule has 0 unspecified atom stereocenters. The molecule has 20 heavy (non-hydrogen) atoms. The van der Waals surface area contributed by atoms with Crippen LogP contribution in [0.1, 0.15) is 21.9 Å². The quantitative estimate of drug-likeness (QED) is 0.524. The van der Waals surface area contributed by atoms with Crippen LogP contribution in [0.2, 0.25) is 0 Å². The number of benzene rings is 1. The van der Waals surface area contributed by atoms with E-state index in [1.165, 1.54) is 30.5 Å². The third-order valence-electron chi connectivity index (χ3n) is 2.46. The molecule has 2 aromatic rings.